The molecule has 4 aromatic rings. The topological polar surface area (TPSA) is 96.0 Å². The van der Waals surface area contributed by atoms with Crippen LogP contribution < -0.4 is 14.4 Å². The van der Waals surface area contributed by atoms with Crippen LogP contribution in [0.1, 0.15) is 30.5 Å². The summed E-state index contributed by atoms with van der Waals surface area (Å²) in [5, 5.41) is 3.48. The first-order valence-electron chi connectivity index (χ1n) is 14.6. The van der Waals surface area contributed by atoms with Crippen molar-refractivity contribution in [2.75, 3.05) is 18.0 Å². The molecular weight excluding hydrogens is 610 g/mol. The van der Waals surface area contributed by atoms with E-state index >= 15 is 0 Å². The molecule has 0 heterocycles. The van der Waals surface area contributed by atoms with Crippen LogP contribution in [-0.4, -0.2) is 50.9 Å². The number of nitrogens with one attached hydrogen (secondary N) is 1. The Hall–Kier alpha value is -4.34. The Morgan fingerprint density at radius 2 is 1.53 bits per heavy atom. The van der Waals surface area contributed by atoms with E-state index in [1.54, 1.807) is 60.7 Å². The second-order valence-electron chi connectivity index (χ2n) is 11.0. The van der Waals surface area contributed by atoms with Gasteiger partial charge in [0.25, 0.3) is 10.0 Å². The lowest BCUT2D eigenvalue weighted by Gasteiger charge is -2.34. The summed E-state index contributed by atoms with van der Waals surface area (Å²) in [7, 11) is -2.73. The number of halogens is 1. The van der Waals surface area contributed by atoms with Crippen LogP contribution in [0.5, 0.6) is 5.75 Å². The lowest BCUT2D eigenvalue weighted by Crippen LogP contribution is -2.54. The van der Waals surface area contributed by atoms with Crippen molar-refractivity contribution in [3.05, 3.63) is 125 Å². The molecule has 10 heteroatoms. The number of methoxy groups -OCH3 is 1. The third-order valence-corrected chi connectivity index (χ3v) is 9.24. The minimum absolute atomic E-state index is 0.0337. The summed E-state index contributed by atoms with van der Waals surface area (Å²) in [6.45, 7) is 5.05. The molecule has 0 aromatic heterocycles. The van der Waals surface area contributed by atoms with Gasteiger partial charge in [-0.2, -0.15) is 0 Å². The summed E-state index contributed by atoms with van der Waals surface area (Å²) in [5.74, 6) is -0.464. The number of aryl methyl sites for hydroxylation is 1. The van der Waals surface area contributed by atoms with E-state index in [0.717, 1.165) is 21.0 Å². The van der Waals surface area contributed by atoms with Gasteiger partial charge in [0, 0.05) is 30.1 Å². The van der Waals surface area contributed by atoms with Gasteiger partial charge in [-0.25, -0.2) is 8.42 Å². The predicted molar refractivity (Wildman–Crippen MR) is 178 cm³/mol. The maximum absolute atomic E-state index is 14.5. The number of sulfonamides is 1. The molecule has 0 aliphatic heterocycles. The minimum atomic E-state index is -4.21. The Labute approximate surface area is 270 Å². The number of carbonyl (C=O) groups excluding carboxylic acids is 2. The number of nitrogens with zero attached hydrogens (tertiary/aromatic N) is 2. The Balaban J connectivity index is 1.81. The molecule has 0 saturated carbocycles. The summed E-state index contributed by atoms with van der Waals surface area (Å²) >= 11 is 6.14. The predicted octanol–water partition coefficient (Wildman–Crippen LogP) is 6.02. The average Bonchev–Trinajstić information content (AvgIpc) is 3.02. The van der Waals surface area contributed by atoms with E-state index in [1.807, 2.05) is 51.1 Å². The SMILES string of the molecule is COc1cccc(N(CC(=O)N(Cc2ccc(Cl)cc2)[C@@H](Cc2ccccc2)C(=O)NC(C)C)S(=O)(=O)c2ccc(C)cc2)c1. The highest BCUT2D eigenvalue weighted by Gasteiger charge is 2.35. The standard InChI is InChI=1S/C35H38ClN3O5S/c1-25(2)37-35(41)33(21-27-9-6-5-7-10-27)38(23-28-15-17-29(36)18-16-28)34(40)24-39(30-11-8-12-31(22-30)44-4)45(42,43)32-19-13-26(3)14-20-32/h5-20,22,25,33H,21,23-24H2,1-4H3,(H,37,41)/t33-/m0/s1. The molecule has 0 saturated heterocycles. The molecule has 0 aliphatic carbocycles. The summed E-state index contributed by atoms with van der Waals surface area (Å²) in [6.07, 6.45) is 0.225. The maximum atomic E-state index is 14.5. The normalized spacial score (nSPS) is 12.0. The number of carbonyl (C=O) groups is 2. The summed E-state index contributed by atoms with van der Waals surface area (Å²) in [5.41, 5.74) is 2.73. The van der Waals surface area contributed by atoms with E-state index in [9.17, 15) is 18.0 Å². The molecule has 0 spiro atoms. The monoisotopic (exact) mass is 647 g/mol. The molecule has 4 aromatic carbocycles. The van der Waals surface area contributed by atoms with Gasteiger partial charge in [0.1, 0.15) is 18.3 Å². The zero-order valence-corrected chi connectivity index (χ0v) is 27.4. The number of benzene rings is 4. The maximum Gasteiger partial charge on any atom is 0.264 e. The Morgan fingerprint density at radius 3 is 2.16 bits per heavy atom. The van der Waals surface area contributed by atoms with Gasteiger partial charge < -0.3 is 15.0 Å². The fraction of sp³-hybridized carbons (Fsp3) is 0.257. The lowest BCUT2D eigenvalue weighted by molar-refractivity contribution is -0.140. The van der Waals surface area contributed by atoms with Crippen LogP contribution in [0.3, 0.4) is 0 Å². The van der Waals surface area contributed by atoms with Crippen LogP contribution in [0.25, 0.3) is 0 Å². The summed E-state index contributed by atoms with van der Waals surface area (Å²) in [4.78, 5) is 29.7. The van der Waals surface area contributed by atoms with E-state index in [0.29, 0.717) is 10.8 Å². The van der Waals surface area contributed by atoms with Crippen molar-refractivity contribution in [1.82, 2.24) is 10.2 Å². The first-order chi connectivity index (χ1) is 21.5. The second kappa shape index (κ2) is 15.1. The van der Waals surface area contributed by atoms with Crippen molar-refractivity contribution < 1.29 is 22.7 Å². The van der Waals surface area contributed by atoms with E-state index < -0.39 is 28.5 Å². The molecule has 0 bridgehead atoms. The molecule has 0 unspecified atom stereocenters. The lowest BCUT2D eigenvalue weighted by atomic mass is 10.0. The van der Waals surface area contributed by atoms with Crippen LogP contribution >= 0.6 is 11.6 Å². The molecule has 236 valence electrons. The largest absolute Gasteiger partial charge is 0.497 e. The van der Waals surface area contributed by atoms with Crippen molar-refractivity contribution in [3.63, 3.8) is 0 Å². The van der Waals surface area contributed by atoms with Crippen molar-refractivity contribution in [2.24, 2.45) is 0 Å². The van der Waals surface area contributed by atoms with Crippen molar-refractivity contribution >= 4 is 39.1 Å². The fourth-order valence-electron chi connectivity index (χ4n) is 4.85. The Morgan fingerprint density at radius 1 is 0.867 bits per heavy atom. The van der Waals surface area contributed by atoms with Gasteiger partial charge in [0.15, 0.2) is 0 Å². The summed E-state index contributed by atoms with van der Waals surface area (Å²) in [6, 6.07) is 28.3. The van der Waals surface area contributed by atoms with Crippen molar-refractivity contribution in [3.8, 4) is 5.75 Å². The van der Waals surface area contributed by atoms with Gasteiger partial charge >= 0.3 is 0 Å². The smallest absolute Gasteiger partial charge is 0.264 e. The molecule has 45 heavy (non-hydrogen) atoms. The van der Waals surface area contributed by atoms with Crippen LogP contribution in [0, 0.1) is 6.92 Å². The zero-order valence-electron chi connectivity index (χ0n) is 25.8. The molecule has 0 fully saturated rings. The number of hydrogen-bond donors (Lipinski definition) is 1. The Kier molecular flexibility index (Phi) is 11.3. The highest BCUT2D eigenvalue weighted by molar-refractivity contribution is 7.92. The van der Waals surface area contributed by atoms with Gasteiger partial charge in [-0.1, -0.05) is 77.8 Å². The molecule has 1 N–H and O–H groups in total. The minimum Gasteiger partial charge on any atom is -0.497 e. The average molecular weight is 648 g/mol. The molecule has 0 radical (unpaired) electrons. The fourth-order valence-corrected chi connectivity index (χ4v) is 6.38. The quantitative estimate of drug-likeness (QED) is 0.192. The molecule has 8 nitrogen and oxygen atoms in total. The van der Waals surface area contributed by atoms with Gasteiger partial charge in [0.2, 0.25) is 11.8 Å². The van der Waals surface area contributed by atoms with E-state index in [1.165, 1.54) is 24.1 Å². The molecule has 2 amide bonds. The third-order valence-electron chi connectivity index (χ3n) is 7.20. The number of hydrogen-bond acceptors (Lipinski definition) is 5. The van der Waals surface area contributed by atoms with E-state index in [2.05, 4.69) is 5.32 Å². The highest BCUT2D eigenvalue weighted by atomic mass is 35.5. The number of ether oxygens (including phenoxy) is 1. The molecular formula is C35H38ClN3O5S. The first-order valence-corrected chi connectivity index (χ1v) is 16.4. The van der Waals surface area contributed by atoms with E-state index in [-0.39, 0.29) is 35.5 Å². The van der Waals surface area contributed by atoms with Gasteiger partial charge in [0.05, 0.1) is 17.7 Å². The van der Waals surface area contributed by atoms with Crippen LogP contribution in [-0.2, 0) is 32.6 Å². The van der Waals surface area contributed by atoms with E-state index in [4.69, 9.17) is 16.3 Å². The Bertz CT molecular complexity index is 1700. The van der Waals surface area contributed by atoms with Crippen LogP contribution in [0.4, 0.5) is 5.69 Å². The molecule has 1 atom stereocenters. The summed E-state index contributed by atoms with van der Waals surface area (Å²) < 4.78 is 34.8. The van der Waals surface area contributed by atoms with Crippen LogP contribution in [0.15, 0.2) is 108 Å². The molecule has 0 aliphatic rings. The number of rotatable bonds is 13. The first kappa shape index (κ1) is 33.6. The van der Waals surface area contributed by atoms with Crippen molar-refractivity contribution in [2.45, 2.75) is 50.7 Å². The van der Waals surface area contributed by atoms with Gasteiger partial charge in [-0.15, -0.1) is 0 Å². The van der Waals surface area contributed by atoms with Crippen molar-refractivity contribution in [1.29, 1.82) is 0 Å². The van der Waals surface area contributed by atoms with Gasteiger partial charge in [-0.05, 0) is 68.3 Å². The zero-order chi connectivity index (χ0) is 32.6. The molecule has 4 rings (SSSR count). The van der Waals surface area contributed by atoms with Gasteiger partial charge in [-0.3, -0.25) is 13.9 Å². The second-order valence-corrected chi connectivity index (χ2v) is 13.3. The third kappa shape index (κ3) is 8.86. The number of anilines is 1. The highest BCUT2D eigenvalue weighted by Crippen LogP contribution is 2.28. The van der Waals surface area contributed by atoms with Crippen LogP contribution in [0.2, 0.25) is 5.02 Å². The number of amides is 2.